The highest BCUT2D eigenvalue weighted by Gasteiger charge is 2.11. The molecule has 0 saturated carbocycles. The molecule has 0 aromatic carbocycles. The summed E-state index contributed by atoms with van der Waals surface area (Å²) in [6, 6.07) is 4.11. The van der Waals surface area contributed by atoms with Gasteiger partial charge >= 0.3 is 0 Å². The van der Waals surface area contributed by atoms with E-state index in [9.17, 15) is 0 Å². The van der Waals surface area contributed by atoms with E-state index in [1.165, 1.54) is 4.88 Å². The molecule has 5 heteroatoms. The number of nitrogens with one attached hydrogen (secondary N) is 1. The second-order valence-electron chi connectivity index (χ2n) is 3.29. The number of H-pyrrole nitrogens is 1. The van der Waals surface area contributed by atoms with Crippen molar-refractivity contribution in [2.45, 2.75) is 13.3 Å². The number of nitrogens with two attached hydrogens (primary N) is 1. The molecule has 0 aliphatic carbocycles. The predicted molar refractivity (Wildman–Crippen MR) is 67.1 cm³/mol. The first-order valence-electron chi connectivity index (χ1n) is 4.72. The highest BCUT2D eigenvalue weighted by atomic mass is 79.9. The van der Waals surface area contributed by atoms with Crippen molar-refractivity contribution in [3.63, 3.8) is 0 Å². The Labute approximate surface area is 101 Å². The molecular weight excluding hydrogens is 274 g/mol. The summed E-state index contributed by atoms with van der Waals surface area (Å²) in [5, 5.41) is 0. The van der Waals surface area contributed by atoms with E-state index in [0.29, 0.717) is 6.54 Å². The molecule has 0 radical (unpaired) electrons. The van der Waals surface area contributed by atoms with Crippen molar-refractivity contribution < 1.29 is 0 Å². The zero-order valence-corrected chi connectivity index (χ0v) is 10.8. The fourth-order valence-corrected chi connectivity index (χ4v) is 2.91. The summed E-state index contributed by atoms with van der Waals surface area (Å²) in [5.74, 6) is 0.943. The third-order valence-corrected chi connectivity index (χ3v) is 3.73. The lowest BCUT2D eigenvalue weighted by atomic mass is 10.2. The maximum atomic E-state index is 5.57. The molecule has 0 atom stereocenters. The number of nitrogens with zero attached hydrogens (tertiary/aromatic N) is 1. The van der Waals surface area contributed by atoms with E-state index in [1.807, 2.05) is 13.0 Å². The number of thiophene rings is 1. The quantitative estimate of drug-likeness (QED) is 0.911. The zero-order chi connectivity index (χ0) is 10.8. The summed E-state index contributed by atoms with van der Waals surface area (Å²) in [6.45, 7) is 2.60. The van der Waals surface area contributed by atoms with Crippen LogP contribution >= 0.6 is 27.3 Å². The zero-order valence-electron chi connectivity index (χ0n) is 8.38. The minimum absolute atomic E-state index is 0.640. The van der Waals surface area contributed by atoms with Crippen LogP contribution in [0.2, 0.25) is 0 Å². The van der Waals surface area contributed by atoms with Gasteiger partial charge in [0.05, 0.1) is 8.66 Å². The predicted octanol–water partition coefficient (Wildman–Crippen LogP) is 2.71. The van der Waals surface area contributed by atoms with E-state index in [2.05, 4.69) is 32.0 Å². The summed E-state index contributed by atoms with van der Waals surface area (Å²) in [7, 11) is 0. The number of imidazole rings is 1. The van der Waals surface area contributed by atoms with Gasteiger partial charge in [0.15, 0.2) is 0 Å². The van der Waals surface area contributed by atoms with Gasteiger partial charge in [-0.05, 0) is 41.5 Å². The average molecular weight is 286 g/mol. The second kappa shape index (κ2) is 4.47. The fourth-order valence-electron chi connectivity index (χ4n) is 1.51. The number of halogens is 1. The lowest BCUT2D eigenvalue weighted by Crippen LogP contribution is -2.03. The molecule has 2 heterocycles. The van der Waals surface area contributed by atoms with Gasteiger partial charge in [-0.15, -0.1) is 11.3 Å². The van der Waals surface area contributed by atoms with Gasteiger partial charge in [0, 0.05) is 12.1 Å². The summed E-state index contributed by atoms with van der Waals surface area (Å²) < 4.78 is 1.12. The molecule has 0 spiro atoms. The normalized spacial score (nSPS) is 10.9. The maximum Gasteiger partial charge on any atom is 0.103 e. The number of aryl methyl sites for hydroxylation is 1. The molecule has 80 valence electrons. The Morgan fingerprint density at radius 3 is 2.93 bits per heavy atom. The van der Waals surface area contributed by atoms with E-state index < -0.39 is 0 Å². The van der Waals surface area contributed by atoms with Crippen molar-refractivity contribution in [2.75, 3.05) is 6.54 Å². The fraction of sp³-hybridized carbons (Fsp3) is 0.300. The van der Waals surface area contributed by atoms with Crippen molar-refractivity contribution in [3.8, 4) is 10.6 Å². The Morgan fingerprint density at radius 1 is 1.53 bits per heavy atom. The number of rotatable bonds is 3. The van der Waals surface area contributed by atoms with E-state index in [0.717, 1.165) is 27.4 Å². The molecule has 15 heavy (non-hydrogen) atoms. The highest BCUT2D eigenvalue weighted by molar-refractivity contribution is 9.11. The van der Waals surface area contributed by atoms with Crippen LogP contribution in [0.15, 0.2) is 15.9 Å². The van der Waals surface area contributed by atoms with Gasteiger partial charge < -0.3 is 10.7 Å². The Balaban J connectivity index is 2.42. The van der Waals surface area contributed by atoms with Gasteiger partial charge in [-0.2, -0.15) is 0 Å². The molecule has 0 unspecified atom stereocenters. The van der Waals surface area contributed by atoms with Gasteiger partial charge in [-0.25, -0.2) is 4.98 Å². The minimum Gasteiger partial charge on any atom is -0.346 e. The molecule has 0 amide bonds. The van der Waals surface area contributed by atoms with Crippen LogP contribution in [-0.4, -0.2) is 16.5 Å². The minimum atomic E-state index is 0.640. The number of hydrogen-bond acceptors (Lipinski definition) is 3. The first kappa shape index (κ1) is 10.9. The van der Waals surface area contributed by atoms with Gasteiger partial charge in [0.1, 0.15) is 11.5 Å². The molecule has 2 aromatic rings. The van der Waals surface area contributed by atoms with Crippen LogP contribution in [0.25, 0.3) is 10.6 Å². The van der Waals surface area contributed by atoms with E-state index in [1.54, 1.807) is 11.3 Å². The molecule has 3 N–H and O–H groups in total. The van der Waals surface area contributed by atoms with Crippen molar-refractivity contribution in [2.24, 2.45) is 5.73 Å². The molecule has 0 saturated heterocycles. The lowest BCUT2D eigenvalue weighted by Gasteiger charge is -1.97. The van der Waals surface area contributed by atoms with Crippen molar-refractivity contribution in [3.05, 3.63) is 27.4 Å². The van der Waals surface area contributed by atoms with Crippen LogP contribution in [0.4, 0.5) is 0 Å². The second-order valence-corrected chi connectivity index (χ2v) is 5.75. The Kier molecular flexibility index (Phi) is 3.23. The van der Waals surface area contributed by atoms with Gasteiger partial charge in [0.25, 0.3) is 0 Å². The highest BCUT2D eigenvalue weighted by Crippen LogP contribution is 2.32. The monoisotopic (exact) mass is 285 g/mol. The van der Waals surface area contributed by atoms with E-state index in [4.69, 9.17) is 5.73 Å². The first-order valence-corrected chi connectivity index (χ1v) is 6.33. The SMILES string of the molecule is Cc1nc(-c2ccc(Br)s2)c(CCN)[nH]1. The Morgan fingerprint density at radius 2 is 2.33 bits per heavy atom. The van der Waals surface area contributed by atoms with Gasteiger partial charge in [-0.3, -0.25) is 0 Å². The Hall–Kier alpha value is -0.650. The van der Waals surface area contributed by atoms with Crippen LogP contribution in [0.3, 0.4) is 0 Å². The summed E-state index contributed by atoms with van der Waals surface area (Å²) in [5.41, 5.74) is 7.73. The smallest absolute Gasteiger partial charge is 0.103 e. The molecule has 0 fully saturated rings. The van der Waals surface area contributed by atoms with E-state index >= 15 is 0 Å². The topological polar surface area (TPSA) is 54.7 Å². The molecule has 0 bridgehead atoms. The van der Waals surface area contributed by atoms with Crippen molar-refractivity contribution in [1.82, 2.24) is 9.97 Å². The molecule has 2 aromatic heterocycles. The summed E-state index contributed by atoms with van der Waals surface area (Å²) in [6.07, 6.45) is 0.839. The third kappa shape index (κ3) is 2.30. The van der Waals surface area contributed by atoms with Crippen molar-refractivity contribution >= 4 is 27.3 Å². The van der Waals surface area contributed by atoms with Crippen LogP contribution in [-0.2, 0) is 6.42 Å². The van der Waals surface area contributed by atoms with Crippen LogP contribution in [0.5, 0.6) is 0 Å². The van der Waals surface area contributed by atoms with E-state index in [-0.39, 0.29) is 0 Å². The molecular formula is C10H12BrN3S. The van der Waals surface area contributed by atoms with Crippen molar-refractivity contribution in [1.29, 1.82) is 0 Å². The number of hydrogen-bond donors (Lipinski definition) is 2. The van der Waals surface area contributed by atoms with Crippen LogP contribution in [0, 0.1) is 6.92 Å². The molecule has 2 rings (SSSR count). The summed E-state index contributed by atoms with van der Waals surface area (Å²) in [4.78, 5) is 8.92. The van der Waals surface area contributed by atoms with Crippen LogP contribution in [0.1, 0.15) is 11.5 Å². The van der Waals surface area contributed by atoms with Crippen LogP contribution < -0.4 is 5.73 Å². The molecule has 0 aliphatic rings. The Bertz CT molecular complexity index is 461. The largest absolute Gasteiger partial charge is 0.346 e. The standard InChI is InChI=1S/C10H12BrN3S/c1-6-13-7(4-5-12)10(14-6)8-2-3-9(11)15-8/h2-3H,4-5,12H2,1H3,(H,13,14). The molecule has 3 nitrogen and oxygen atoms in total. The third-order valence-electron chi connectivity index (χ3n) is 2.10. The van der Waals surface area contributed by atoms with Gasteiger partial charge in [-0.1, -0.05) is 0 Å². The average Bonchev–Trinajstić information content (AvgIpc) is 2.73. The molecule has 0 aliphatic heterocycles. The summed E-state index contributed by atoms with van der Waals surface area (Å²) >= 11 is 5.14. The number of aromatic amines is 1. The lowest BCUT2D eigenvalue weighted by molar-refractivity contribution is 0.931. The maximum absolute atomic E-state index is 5.57. The first-order chi connectivity index (χ1) is 7.20. The van der Waals surface area contributed by atoms with Gasteiger partial charge in [0.2, 0.25) is 0 Å². The number of aromatic nitrogens is 2.